The fourth-order valence-corrected chi connectivity index (χ4v) is 3.43. The molecule has 0 bridgehead atoms. The van der Waals surface area contributed by atoms with Crippen LogP contribution in [-0.2, 0) is 20.8 Å². The first kappa shape index (κ1) is 13.9. The minimum atomic E-state index is -4.58. The number of carbonyl (C=O) groups excluding carboxylic acids is 1. The number of hydrogen-bond acceptors (Lipinski definition) is 4. The number of hydrogen-bond donors (Lipinski definition) is 1. The molecule has 0 aliphatic carbocycles. The molecule has 0 radical (unpaired) electrons. The van der Waals surface area contributed by atoms with Crippen LogP contribution < -0.4 is 5.32 Å². The molecule has 0 fully saturated rings. The molecule has 0 atom stereocenters. The molecule has 1 N–H and O–H groups in total. The van der Waals surface area contributed by atoms with E-state index in [4.69, 9.17) is 0 Å². The van der Waals surface area contributed by atoms with Gasteiger partial charge in [0.1, 0.15) is 5.54 Å². The van der Waals surface area contributed by atoms with E-state index in [0.29, 0.717) is 12.1 Å². The standard InChI is InChI=1S/C11H10F3NO3S/c1-10(2)9(16)19(17,18)8-4-3-6(11(12,13)14)5-7(8)15-10/h3-5,15H,1-2H3. The van der Waals surface area contributed by atoms with Gasteiger partial charge in [0.15, 0.2) is 0 Å². The Morgan fingerprint density at radius 1 is 1.21 bits per heavy atom. The maximum Gasteiger partial charge on any atom is 0.416 e. The van der Waals surface area contributed by atoms with Crippen LogP contribution in [0, 0.1) is 0 Å². The summed E-state index contributed by atoms with van der Waals surface area (Å²) in [5, 5.41) is 1.46. The van der Waals surface area contributed by atoms with Crippen LogP contribution in [0.3, 0.4) is 0 Å². The molecule has 0 amide bonds. The summed E-state index contributed by atoms with van der Waals surface area (Å²) in [6.45, 7) is 2.60. The van der Waals surface area contributed by atoms with Gasteiger partial charge >= 0.3 is 6.18 Å². The number of halogens is 3. The van der Waals surface area contributed by atoms with Crippen molar-refractivity contribution in [1.82, 2.24) is 0 Å². The van der Waals surface area contributed by atoms with Crippen LogP contribution >= 0.6 is 0 Å². The third-order valence-corrected chi connectivity index (χ3v) is 4.73. The third kappa shape index (κ3) is 2.09. The normalized spacial score (nSPS) is 20.6. The van der Waals surface area contributed by atoms with Gasteiger partial charge in [0, 0.05) is 0 Å². The monoisotopic (exact) mass is 293 g/mol. The summed E-state index contributed by atoms with van der Waals surface area (Å²) in [7, 11) is -4.26. The highest BCUT2D eigenvalue weighted by Gasteiger charge is 2.45. The molecule has 0 aromatic heterocycles. The molecule has 0 unspecified atom stereocenters. The topological polar surface area (TPSA) is 63.2 Å². The summed E-state index contributed by atoms with van der Waals surface area (Å²) >= 11 is 0. The van der Waals surface area contributed by atoms with E-state index in [0.717, 1.165) is 6.07 Å². The zero-order chi connectivity index (χ0) is 14.6. The lowest BCUT2D eigenvalue weighted by Gasteiger charge is -2.31. The van der Waals surface area contributed by atoms with E-state index in [2.05, 4.69) is 5.32 Å². The van der Waals surface area contributed by atoms with Gasteiger partial charge in [-0.2, -0.15) is 13.2 Å². The van der Waals surface area contributed by atoms with Crippen molar-refractivity contribution in [2.45, 2.75) is 30.5 Å². The predicted molar refractivity (Wildman–Crippen MR) is 61.3 cm³/mol. The Kier molecular flexibility index (Phi) is 2.71. The van der Waals surface area contributed by atoms with E-state index < -0.39 is 37.1 Å². The maximum atomic E-state index is 12.6. The maximum absolute atomic E-state index is 12.6. The second kappa shape index (κ2) is 3.72. The highest BCUT2D eigenvalue weighted by atomic mass is 32.2. The van der Waals surface area contributed by atoms with Crippen LogP contribution in [0.5, 0.6) is 0 Å². The average Bonchev–Trinajstić information content (AvgIpc) is 2.24. The lowest BCUT2D eigenvalue weighted by Crippen LogP contribution is -2.48. The van der Waals surface area contributed by atoms with Crippen LogP contribution in [0.1, 0.15) is 19.4 Å². The molecule has 104 valence electrons. The lowest BCUT2D eigenvalue weighted by atomic mass is 10.1. The Hall–Kier alpha value is -1.57. The first-order chi connectivity index (χ1) is 8.46. The van der Waals surface area contributed by atoms with Crippen molar-refractivity contribution in [1.29, 1.82) is 0 Å². The van der Waals surface area contributed by atoms with Gasteiger partial charge in [-0.3, -0.25) is 4.79 Å². The Morgan fingerprint density at radius 3 is 2.32 bits per heavy atom. The Labute approximate surface area is 107 Å². The molecule has 0 saturated carbocycles. The Morgan fingerprint density at radius 2 is 1.79 bits per heavy atom. The number of fused-ring (bicyclic) bond motifs is 1. The number of alkyl halides is 3. The molecule has 1 aromatic rings. The first-order valence-corrected chi connectivity index (χ1v) is 6.73. The number of carbonyl (C=O) groups is 1. The van der Waals surface area contributed by atoms with Crippen LogP contribution in [0.25, 0.3) is 0 Å². The molecule has 1 aliphatic rings. The number of rotatable bonds is 0. The van der Waals surface area contributed by atoms with Crippen LogP contribution in [-0.4, -0.2) is 19.1 Å². The van der Waals surface area contributed by atoms with Crippen molar-refractivity contribution >= 4 is 20.6 Å². The predicted octanol–water partition coefficient (Wildman–Crippen LogP) is 2.21. The van der Waals surface area contributed by atoms with E-state index in [1.54, 1.807) is 0 Å². The molecule has 19 heavy (non-hydrogen) atoms. The molecular formula is C11H10F3NO3S. The van der Waals surface area contributed by atoms with E-state index in [1.807, 2.05) is 0 Å². The lowest BCUT2D eigenvalue weighted by molar-refractivity contribution is -0.137. The van der Waals surface area contributed by atoms with Crippen LogP contribution in [0.4, 0.5) is 18.9 Å². The van der Waals surface area contributed by atoms with Gasteiger partial charge in [-0.15, -0.1) is 0 Å². The minimum absolute atomic E-state index is 0.209. The molecule has 0 saturated heterocycles. The van der Waals surface area contributed by atoms with E-state index in [9.17, 15) is 26.4 Å². The largest absolute Gasteiger partial charge is 0.416 e. The molecule has 1 heterocycles. The van der Waals surface area contributed by atoms with E-state index in [1.165, 1.54) is 13.8 Å². The zero-order valence-corrected chi connectivity index (χ0v) is 10.8. The molecule has 2 rings (SSSR count). The van der Waals surface area contributed by atoms with Gasteiger partial charge in [-0.1, -0.05) is 0 Å². The van der Waals surface area contributed by atoms with Crippen molar-refractivity contribution in [2.75, 3.05) is 5.32 Å². The second-order valence-electron chi connectivity index (χ2n) is 4.75. The fraction of sp³-hybridized carbons (Fsp3) is 0.364. The zero-order valence-electron chi connectivity index (χ0n) is 10.00. The van der Waals surface area contributed by atoms with Gasteiger partial charge in [-0.25, -0.2) is 8.42 Å². The number of benzene rings is 1. The van der Waals surface area contributed by atoms with Gasteiger partial charge in [0.05, 0.1) is 16.1 Å². The van der Waals surface area contributed by atoms with Crippen molar-refractivity contribution in [3.05, 3.63) is 23.8 Å². The number of sulfone groups is 1. The summed E-state index contributed by atoms with van der Waals surface area (Å²) in [6.07, 6.45) is -4.58. The molecule has 0 spiro atoms. The van der Waals surface area contributed by atoms with Crippen LogP contribution in [0.15, 0.2) is 23.1 Å². The highest BCUT2D eigenvalue weighted by molar-refractivity contribution is 8.06. The van der Waals surface area contributed by atoms with Crippen molar-refractivity contribution in [3.63, 3.8) is 0 Å². The summed E-state index contributed by atoms with van der Waals surface area (Å²) in [5.74, 6) is 0. The number of nitrogens with one attached hydrogen (secondary N) is 1. The Bertz CT molecular complexity index is 662. The van der Waals surface area contributed by atoms with Gasteiger partial charge in [-0.05, 0) is 32.0 Å². The minimum Gasteiger partial charge on any atom is -0.371 e. The van der Waals surface area contributed by atoms with Crippen molar-refractivity contribution < 1.29 is 26.4 Å². The molecule has 1 aromatic carbocycles. The summed E-state index contributed by atoms with van der Waals surface area (Å²) in [6, 6.07) is 2.14. The molecular weight excluding hydrogens is 283 g/mol. The molecule has 8 heteroatoms. The summed E-state index contributed by atoms with van der Waals surface area (Å²) in [4.78, 5) is 11.3. The number of anilines is 1. The van der Waals surface area contributed by atoms with Crippen LogP contribution in [0.2, 0.25) is 0 Å². The quantitative estimate of drug-likeness (QED) is 0.796. The Balaban J connectivity index is 2.69. The second-order valence-corrected chi connectivity index (χ2v) is 6.57. The van der Waals surface area contributed by atoms with Gasteiger partial charge in [0.2, 0.25) is 9.84 Å². The third-order valence-electron chi connectivity index (χ3n) is 2.80. The van der Waals surface area contributed by atoms with E-state index >= 15 is 0 Å². The SMILES string of the molecule is CC1(C)Nc2cc(C(F)(F)F)ccc2S(=O)(=O)C1=O. The van der Waals surface area contributed by atoms with Gasteiger partial charge < -0.3 is 5.32 Å². The summed E-state index contributed by atoms with van der Waals surface area (Å²) < 4.78 is 61.5. The van der Waals surface area contributed by atoms with Crippen molar-refractivity contribution in [2.24, 2.45) is 0 Å². The smallest absolute Gasteiger partial charge is 0.371 e. The first-order valence-electron chi connectivity index (χ1n) is 5.25. The average molecular weight is 293 g/mol. The highest BCUT2D eigenvalue weighted by Crippen LogP contribution is 2.38. The summed E-state index contributed by atoms with van der Waals surface area (Å²) in [5.41, 5.74) is -2.64. The van der Waals surface area contributed by atoms with Gasteiger partial charge in [0.25, 0.3) is 5.12 Å². The molecule has 4 nitrogen and oxygen atoms in total. The van der Waals surface area contributed by atoms with E-state index in [-0.39, 0.29) is 5.69 Å². The fourth-order valence-electron chi connectivity index (χ4n) is 1.86. The van der Waals surface area contributed by atoms with Crippen molar-refractivity contribution in [3.8, 4) is 0 Å². The molecule has 1 aliphatic heterocycles.